The number of carbonyl (C=O) groups is 1. The van der Waals surface area contributed by atoms with Crippen molar-refractivity contribution in [3.05, 3.63) is 23.2 Å². The summed E-state index contributed by atoms with van der Waals surface area (Å²) in [4.78, 5) is 10.9. The van der Waals surface area contributed by atoms with Gasteiger partial charge in [-0.1, -0.05) is 13.8 Å². The zero-order valence-electron chi connectivity index (χ0n) is 9.12. The molecule has 0 aromatic carbocycles. The maximum Gasteiger partial charge on any atom is 0.306 e. The van der Waals surface area contributed by atoms with Gasteiger partial charge in [-0.2, -0.15) is 0 Å². The van der Waals surface area contributed by atoms with Crippen LogP contribution in [-0.2, 0) is 17.6 Å². The normalized spacial score (nSPS) is 21.3. The van der Waals surface area contributed by atoms with Crippen molar-refractivity contribution in [1.29, 1.82) is 0 Å². The Morgan fingerprint density at radius 1 is 1.73 bits per heavy atom. The summed E-state index contributed by atoms with van der Waals surface area (Å²) in [6.45, 7) is 3.82. The van der Waals surface area contributed by atoms with Gasteiger partial charge in [-0.15, -0.1) is 0 Å². The second-order valence-corrected chi connectivity index (χ2v) is 4.22. The van der Waals surface area contributed by atoms with E-state index in [0.717, 1.165) is 36.3 Å². The quantitative estimate of drug-likeness (QED) is 0.830. The molecule has 0 fully saturated rings. The van der Waals surface area contributed by atoms with E-state index >= 15 is 0 Å². The number of aliphatic carboxylic acids is 1. The number of carboxylic acids is 1. The minimum atomic E-state index is -0.716. The van der Waals surface area contributed by atoms with E-state index in [4.69, 9.17) is 9.52 Å². The highest BCUT2D eigenvalue weighted by Gasteiger charge is 2.33. The molecular weight excluding hydrogens is 192 g/mol. The number of aryl methyl sites for hydroxylation is 2. The van der Waals surface area contributed by atoms with Crippen molar-refractivity contribution >= 4 is 5.97 Å². The molecule has 0 aliphatic heterocycles. The maximum atomic E-state index is 10.9. The molecule has 1 N–H and O–H groups in total. The summed E-state index contributed by atoms with van der Waals surface area (Å²) in [5.41, 5.74) is 1.13. The standard InChI is InChI=1S/C12H16O3/c1-3-8-6-10-9(7(2)12(13)14)4-5-11(10)15-8/h6-7,9H,3-5H2,1-2H3,(H,13,14). The molecule has 2 rings (SSSR count). The van der Waals surface area contributed by atoms with Crippen LogP contribution in [0, 0.1) is 5.92 Å². The molecule has 1 heterocycles. The lowest BCUT2D eigenvalue weighted by Gasteiger charge is -2.14. The highest BCUT2D eigenvalue weighted by atomic mass is 16.4. The van der Waals surface area contributed by atoms with Crippen LogP contribution < -0.4 is 0 Å². The van der Waals surface area contributed by atoms with Crippen molar-refractivity contribution in [2.45, 2.75) is 39.0 Å². The molecule has 82 valence electrons. The molecule has 0 radical (unpaired) electrons. The fourth-order valence-corrected chi connectivity index (χ4v) is 2.32. The predicted octanol–water partition coefficient (Wildman–Crippen LogP) is 2.59. The lowest BCUT2D eigenvalue weighted by Crippen LogP contribution is -2.16. The fourth-order valence-electron chi connectivity index (χ4n) is 2.32. The van der Waals surface area contributed by atoms with E-state index < -0.39 is 5.97 Å². The zero-order valence-corrected chi connectivity index (χ0v) is 9.12. The molecular formula is C12H16O3. The highest BCUT2D eigenvalue weighted by molar-refractivity contribution is 5.71. The van der Waals surface area contributed by atoms with Crippen molar-refractivity contribution in [2.24, 2.45) is 5.92 Å². The van der Waals surface area contributed by atoms with Crippen molar-refractivity contribution in [2.75, 3.05) is 0 Å². The van der Waals surface area contributed by atoms with Crippen LogP contribution in [-0.4, -0.2) is 11.1 Å². The van der Waals surface area contributed by atoms with Gasteiger partial charge in [-0.05, 0) is 18.1 Å². The molecule has 0 saturated heterocycles. The van der Waals surface area contributed by atoms with Crippen molar-refractivity contribution in [3.63, 3.8) is 0 Å². The summed E-state index contributed by atoms with van der Waals surface area (Å²) in [7, 11) is 0. The lowest BCUT2D eigenvalue weighted by molar-refractivity contribution is -0.141. The van der Waals surface area contributed by atoms with Crippen molar-refractivity contribution in [3.8, 4) is 0 Å². The van der Waals surface area contributed by atoms with Gasteiger partial charge < -0.3 is 9.52 Å². The Bertz CT molecular complexity index is 378. The van der Waals surface area contributed by atoms with Gasteiger partial charge in [0.25, 0.3) is 0 Å². The topological polar surface area (TPSA) is 50.4 Å². The number of furan rings is 1. The van der Waals surface area contributed by atoms with Crippen LogP contribution in [0.5, 0.6) is 0 Å². The first-order chi connectivity index (χ1) is 7.13. The van der Waals surface area contributed by atoms with E-state index in [1.807, 2.05) is 13.0 Å². The molecule has 0 spiro atoms. The van der Waals surface area contributed by atoms with Crippen LogP contribution in [0.2, 0.25) is 0 Å². The molecule has 2 atom stereocenters. The lowest BCUT2D eigenvalue weighted by atomic mass is 9.89. The van der Waals surface area contributed by atoms with E-state index in [1.165, 1.54) is 0 Å². The molecule has 1 aliphatic rings. The van der Waals surface area contributed by atoms with Crippen molar-refractivity contribution in [1.82, 2.24) is 0 Å². The van der Waals surface area contributed by atoms with Crippen LogP contribution in [0.1, 0.15) is 43.3 Å². The third-order valence-corrected chi connectivity index (χ3v) is 3.32. The Hall–Kier alpha value is -1.25. The Kier molecular flexibility index (Phi) is 2.55. The van der Waals surface area contributed by atoms with E-state index in [-0.39, 0.29) is 11.8 Å². The van der Waals surface area contributed by atoms with Gasteiger partial charge in [0.1, 0.15) is 11.5 Å². The molecule has 1 aromatic heterocycles. The number of carboxylic acid groups (broad SMARTS) is 1. The summed E-state index contributed by atoms with van der Waals surface area (Å²) in [5.74, 6) is 1.09. The molecule has 0 saturated carbocycles. The Labute approximate surface area is 89.1 Å². The number of hydrogen-bond acceptors (Lipinski definition) is 2. The SMILES string of the molecule is CCc1cc2c(o1)CCC2C(C)C(=O)O. The molecule has 0 bridgehead atoms. The first-order valence-electron chi connectivity index (χ1n) is 5.47. The number of fused-ring (bicyclic) bond motifs is 1. The molecule has 3 heteroatoms. The first-order valence-corrected chi connectivity index (χ1v) is 5.47. The number of rotatable bonds is 3. The van der Waals surface area contributed by atoms with Gasteiger partial charge in [-0.25, -0.2) is 0 Å². The number of hydrogen-bond donors (Lipinski definition) is 1. The molecule has 1 aliphatic carbocycles. The van der Waals surface area contributed by atoms with Gasteiger partial charge in [0, 0.05) is 18.8 Å². The summed E-state index contributed by atoms with van der Waals surface area (Å²) in [6.07, 6.45) is 2.67. The van der Waals surface area contributed by atoms with E-state index in [2.05, 4.69) is 0 Å². The van der Waals surface area contributed by atoms with Crippen LogP contribution in [0.3, 0.4) is 0 Å². The van der Waals surface area contributed by atoms with Gasteiger partial charge in [0.15, 0.2) is 0 Å². The smallest absolute Gasteiger partial charge is 0.306 e. The Morgan fingerprint density at radius 3 is 3.07 bits per heavy atom. The Morgan fingerprint density at radius 2 is 2.47 bits per heavy atom. The monoisotopic (exact) mass is 208 g/mol. The molecule has 2 unspecified atom stereocenters. The maximum absolute atomic E-state index is 10.9. The minimum absolute atomic E-state index is 0.140. The minimum Gasteiger partial charge on any atom is -0.481 e. The fraction of sp³-hybridized carbons (Fsp3) is 0.583. The van der Waals surface area contributed by atoms with Crippen LogP contribution in [0.15, 0.2) is 10.5 Å². The van der Waals surface area contributed by atoms with Crippen molar-refractivity contribution < 1.29 is 14.3 Å². The van der Waals surface area contributed by atoms with Crippen LogP contribution in [0.4, 0.5) is 0 Å². The highest BCUT2D eigenvalue weighted by Crippen LogP contribution is 2.40. The summed E-state index contributed by atoms with van der Waals surface area (Å²) in [6, 6.07) is 2.03. The van der Waals surface area contributed by atoms with Gasteiger partial charge in [-0.3, -0.25) is 4.79 Å². The predicted molar refractivity (Wildman–Crippen MR) is 55.9 cm³/mol. The first kappa shape index (κ1) is 10.3. The third kappa shape index (κ3) is 1.66. The molecule has 3 nitrogen and oxygen atoms in total. The molecule has 1 aromatic rings. The molecule has 0 amide bonds. The average molecular weight is 208 g/mol. The average Bonchev–Trinajstić information content (AvgIpc) is 2.74. The van der Waals surface area contributed by atoms with E-state index in [9.17, 15) is 4.79 Å². The van der Waals surface area contributed by atoms with Gasteiger partial charge in [0.2, 0.25) is 0 Å². The summed E-state index contributed by atoms with van der Waals surface area (Å²) >= 11 is 0. The van der Waals surface area contributed by atoms with E-state index in [0.29, 0.717) is 0 Å². The summed E-state index contributed by atoms with van der Waals surface area (Å²) in [5, 5.41) is 9.00. The van der Waals surface area contributed by atoms with Gasteiger partial charge in [0.05, 0.1) is 5.92 Å². The second kappa shape index (κ2) is 3.72. The third-order valence-electron chi connectivity index (χ3n) is 3.32. The molecule has 15 heavy (non-hydrogen) atoms. The van der Waals surface area contributed by atoms with Gasteiger partial charge >= 0.3 is 5.97 Å². The zero-order chi connectivity index (χ0) is 11.0. The second-order valence-electron chi connectivity index (χ2n) is 4.22. The Balaban J connectivity index is 2.27. The summed E-state index contributed by atoms with van der Waals surface area (Å²) < 4.78 is 5.64. The largest absolute Gasteiger partial charge is 0.481 e. The van der Waals surface area contributed by atoms with E-state index in [1.54, 1.807) is 6.92 Å². The van der Waals surface area contributed by atoms with Crippen LogP contribution >= 0.6 is 0 Å². The van der Waals surface area contributed by atoms with Crippen LogP contribution in [0.25, 0.3) is 0 Å².